The van der Waals surface area contributed by atoms with Crippen LogP contribution in [0.2, 0.25) is 5.28 Å². The second-order valence-electron chi connectivity index (χ2n) is 17.4. The minimum atomic E-state index is -1.61. The van der Waals surface area contributed by atoms with E-state index in [1.165, 1.54) is 55.5 Å². The highest BCUT2D eigenvalue weighted by molar-refractivity contribution is 6.28. The molecule has 2 aromatic carbocycles. The van der Waals surface area contributed by atoms with Crippen LogP contribution in [0.15, 0.2) is 68.8 Å². The van der Waals surface area contributed by atoms with Gasteiger partial charge in [0, 0.05) is 53.7 Å². The Morgan fingerprint density at radius 2 is 1.30 bits per heavy atom. The lowest BCUT2D eigenvalue weighted by atomic mass is 9.90. The molecule has 5 amide bonds. The average Bonchev–Trinajstić information content (AvgIpc) is 3.39. The van der Waals surface area contributed by atoms with Gasteiger partial charge in [-0.2, -0.15) is 15.0 Å². The van der Waals surface area contributed by atoms with Gasteiger partial charge in [-0.15, -0.1) is 0 Å². The number of rotatable bonds is 29. The summed E-state index contributed by atoms with van der Waals surface area (Å²) in [6.07, 6.45) is -1.17. The number of aromatic nitrogens is 3. The summed E-state index contributed by atoms with van der Waals surface area (Å²) in [7, 11) is 0. The summed E-state index contributed by atoms with van der Waals surface area (Å²) in [5, 5.41) is 54.8. The van der Waals surface area contributed by atoms with Crippen molar-refractivity contribution in [2.24, 2.45) is 27.9 Å². The van der Waals surface area contributed by atoms with Crippen molar-refractivity contribution in [3.05, 3.63) is 75.7 Å². The fraction of sp³-hybridized carbons (Fsp3) is 0.354. The van der Waals surface area contributed by atoms with Crippen LogP contribution in [-0.4, -0.2) is 132 Å². The quantitative estimate of drug-likeness (QED) is 0.0136. The highest BCUT2D eigenvalue weighted by Crippen LogP contribution is 2.42. The Labute approximate surface area is 442 Å². The Balaban J connectivity index is 1.34. The molecule has 1 aromatic heterocycles. The summed E-state index contributed by atoms with van der Waals surface area (Å²) < 4.78 is 5.91. The number of unbranched alkanes of at least 4 members (excludes halogenated alkanes) is 1. The maximum absolute atomic E-state index is 13.9. The number of nitrogens with zero attached hydrogens (tertiary/aromatic N) is 4. The number of carbonyl (C=O) groups is 8. The van der Waals surface area contributed by atoms with E-state index in [1.54, 1.807) is 6.07 Å². The van der Waals surface area contributed by atoms with Gasteiger partial charge in [-0.3, -0.25) is 43.3 Å². The summed E-state index contributed by atoms with van der Waals surface area (Å²) in [6, 6.07) is 5.63. The third-order valence-corrected chi connectivity index (χ3v) is 11.7. The molecule has 28 nitrogen and oxygen atoms in total. The normalized spacial score (nSPS) is 13.0. The number of nitrogens with one attached hydrogen (secondary N) is 6. The first-order chi connectivity index (χ1) is 36.5. The molecule has 0 spiro atoms. The number of aliphatic imine (C=N–C) groups is 1. The number of primary amides is 1. The number of aromatic hydroxyl groups is 1. The first-order valence-electron chi connectivity index (χ1n) is 23.8. The van der Waals surface area contributed by atoms with Crippen molar-refractivity contribution in [3.8, 4) is 28.2 Å². The lowest BCUT2D eigenvalue weighted by Gasteiger charge is -2.26. The maximum Gasteiger partial charge on any atom is 0.336 e. The van der Waals surface area contributed by atoms with Gasteiger partial charge >= 0.3 is 17.9 Å². The molecule has 5 rings (SSSR count). The van der Waals surface area contributed by atoms with E-state index in [0.29, 0.717) is 29.4 Å². The van der Waals surface area contributed by atoms with Crippen molar-refractivity contribution in [1.29, 1.82) is 0 Å². The highest BCUT2D eigenvalue weighted by atomic mass is 35.5. The summed E-state index contributed by atoms with van der Waals surface area (Å²) in [4.78, 5) is 131. The number of nitrogens with two attached hydrogens (primary N) is 4. The number of halogens is 1. The number of phenols is 1. The van der Waals surface area contributed by atoms with E-state index in [-0.39, 0.29) is 101 Å². The topological polar surface area (TPSA) is 475 Å². The van der Waals surface area contributed by atoms with Crippen LogP contribution >= 0.6 is 11.6 Å². The number of aliphatic carboxylic acids is 2. The Morgan fingerprint density at radius 3 is 1.95 bits per heavy atom. The molecule has 18 N–H and O–H groups in total. The predicted molar refractivity (Wildman–Crippen MR) is 278 cm³/mol. The number of guanidine groups is 1. The third kappa shape index (κ3) is 17.2. The molecule has 77 heavy (non-hydrogen) atoms. The number of hydrogen-bond acceptors (Lipinski definition) is 18. The molecule has 0 fully saturated rings. The van der Waals surface area contributed by atoms with Crippen LogP contribution in [0.1, 0.15) is 75.1 Å². The van der Waals surface area contributed by atoms with Crippen molar-refractivity contribution < 1.29 is 63.2 Å². The number of hydrogen-bond donors (Lipinski definition) is 14. The van der Waals surface area contributed by atoms with E-state index in [4.69, 9.17) is 44.1 Å². The number of anilines is 3. The Kier molecular flexibility index (Phi) is 20.9. The zero-order chi connectivity index (χ0) is 56.5. The Morgan fingerprint density at radius 1 is 0.688 bits per heavy atom. The number of carbonyl (C=O) groups excluding carboxylic acids is 5. The zero-order valence-corrected chi connectivity index (χ0v) is 42.0. The second kappa shape index (κ2) is 27.4. The van der Waals surface area contributed by atoms with Gasteiger partial charge in [0.05, 0.1) is 5.56 Å². The maximum atomic E-state index is 13.9. The van der Waals surface area contributed by atoms with Crippen molar-refractivity contribution >= 4 is 93.6 Å². The van der Waals surface area contributed by atoms with Crippen LogP contribution in [0.25, 0.3) is 33.4 Å². The van der Waals surface area contributed by atoms with Gasteiger partial charge in [-0.25, -0.2) is 4.79 Å². The molecular weight excluding hydrogens is 1030 g/mol. The van der Waals surface area contributed by atoms with E-state index >= 15 is 0 Å². The number of fused-ring (bicyclic) bond motifs is 2. The van der Waals surface area contributed by atoms with Gasteiger partial charge in [-0.05, 0) is 112 Å². The fourth-order valence-corrected chi connectivity index (χ4v) is 7.93. The number of aromatic carboxylic acids is 1. The van der Waals surface area contributed by atoms with Crippen LogP contribution in [0.3, 0.4) is 0 Å². The average molecular weight is 1090 g/mol. The van der Waals surface area contributed by atoms with E-state index in [0.717, 1.165) is 0 Å². The molecule has 410 valence electrons. The standard InChI is InChI=1S/C48H57ClN14O14/c1-22(40(71)58-33(14-16-37(68)69)43(74)59-31(6-4-18-54-46(52)53)42(73)57-30(39(51)70)13-15-36(66)67)55-41(72)32(5-2-3-17-50)60-48-62-45(49)61-47(63-48)56-23-7-10-26(29(19-23)44(75)76)38-27-11-8-24(64)20-34(27)77-35-21-25(65)9-12-28(35)38/h7-12,19-22,30-33,64H,2-6,13-18,50H2,1H3,(H2,51,70)(H,55,72)(H,57,73)(H,58,71)(H,59,74)(H,66,67)(H,68,69)(H,75,76)(H4,52,53,54)(H2,56,60,61,62,63)/t22-,30-,31-,32-,33-/m0/s1. The molecule has 0 radical (unpaired) electrons. The van der Waals surface area contributed by atoms with Gasteiger partial charge in [0.2, 0.25) is 46.7 Å². The van der Waals surface area contributed by atoms with Gasteiger partial charge < -0.3 is 79.7 Å². The third-order valence-electron chi connectivity index (χ3n) is 11.5. The second-order valence-corrected chi connectivity index (χ2v) is 17.7. The Hall–Kier alpha value is -9.18. The fourth-order valence-electron chi connectivity index (χ4n) is 7.77. The predicted octanol–water partition coefficient (Wildman–Crippen LogP) is 0.688. The van der Waals surface area contributed by atoms with Gasteiger partial charge in [0.1, 0.15) is 47.3 Å². The molecule has 2 heterocycles. The minimum absolute atomic E-state index is 0.00744. The molecule has 0 bridgehead atoms. The van der Waals surface area contributed by atoms with Crippen molar-refractivity contribution in [3.63, 3.8) is 0 Å². The molecule has 1 aliphatic carbocycles. The number of carboxylic acid groups (broad SMARTS) is 3. The van der Waals surface area contributed by atoms with Gasteiger partial charge in [-0.1, -0.05) is 6.07 Å². The zero-order valence-electron chi connectivity index (χ0n) is 41.2. The number of benzene rings is 3. The molecular formula is C48H57ClN14O14. The van der Waals surface area contributed by atoms with Crippen molar-refractivity contribution in [2.75, 3.05) is 23.7 Å². The van der Waals surface area contributed by atoms with Crippen LogP contribution < -0.4 is 60.3 Å². The Bertz CT molecular complexity index is 3080. The first kappa shape index (κ1) is 58.7. The van der Waals surface area contributed by atoms with E-state index in [2.05, 4.69) is 51.8 Å². The largest absolute Gasteiger partial charge is 0.508 e. The SMILES string of the molecule is C[C@H](NC(=O)[C@H](CCCCN)Nc1nc(Cl)nc(Nc2ccc(-c3c4ccc(=O)cc-4oc4cc(O)ccc34)c(C(=O)O)c2)n1)C(=O)N[C@@H](CCC(=O)O)C(=O)N[C@@H](CCCN=C(N)N)C(=O)N[C@@H](CCC(=O)O)C(N)=O. The van der Waals surface area contributed by atoms with E-state index in [9.17, 15) is 58.5 Å². The van der Waals surface area contributed by atoms with Gasteiger partial charge in [0.25, 0.3) is 0 Å². The highest BCUT2D eigenvalue weighted by Gasteiger charge is 2.32. The summed E-state index contributed by atoms with van der Waals surface area (Å²) >= 11 is 6.32. The number of carboxylic acids is 3. The summed E-state index contributed by atoms with van der Waals surface area (Å²) in [6.45, 7) is 1.54. The first-order valence-corrected chi connectivity index (χ1v) is 24.1. The van der Waals surface area contributed by atoms with Crippen molar-refractivity contribution in [1.82, 2.24) is 36.2 Å². The minimum Gasteiger partial charge on any atom is -0.508 e. The number of amides is 5. The molecule has 3 aromatic rings. The number of phenolic OH excluding ortho intramolecular Hbond substituents is 1. The molecule has 29 heteroatoms. The van der Waals surface area contributed by atoms with Crippen LogP contribution in [0.5, 0.6) is 5.75 Å². The lowest BCUT2D eigenvalue weighted by Crippen LogP contribution is -2.58. The smallest absolute Gasteiger partial charge is 0.336 e. The summed E-state index contributed by atoms with van der Waals surface area (Å²) in [5.74, 6) is -9.40. The monoisotopic (exact) mass is 1090 g/mol. The molecule has 0 saturated carbocycles. The van der Waals surface area contributed by atoms with E-state index in [1.807, 2.05) is 0 Å². The molecule has 0 saturated heterocycles. The van der Waals surface area contributed by atoms with E-state index < -0.39 is 96.9 Å². The van der Waals surface area contributed by atoms with Gasteiger partial charge in [0.15, 0.2) is 11.4 Å². The summed E-state index contributed by atoms with van der Waals surface area (Å²) in [5.41, 5.74) is 22.8. The molecule has 5 atom stereocenters. The lowest BCUT2D eigenvalue weighted by molar-refractivity contribution is -0.138. The molecule has 2 aliphatic rings. The molecule has 0 unspecified atom stereocenters. The van der Waals surface area contributed by atoms with Crippen LogP contribution in [0, 0.1) is 0 Å². The molecule has 1 aliphatic heterocycles. The van der Waals surface area contributed by atoms with Crippen molar-refractivity contribution in [2.45, 2.75) is 94.9 Å². The van der Waals surface area contributed by atoms with Crippen LogP contribution in [0.4, 0.5) is 17.6 Å². The van der Waals surface area contributed by atoms with Crippen LogP contribution in [-0.2, 0) is 33.6 Å².